The van der Waals surface area contributed by atoms with Crippen molar-refractivity contribution in [1.29, 1.82) is 0 Å². The summed E-state index contributed by atoms with van der Waals surface area (Å²) in [4.78, 5) is 26.1. The smallest absolute Gasteiger partial charge is 0.332 e. The minimum Gasteiger partial charge on any atom is -0.411 e. The van der Waals surface area contributed by atoms with Gasteiger partial charge in [-0.2, -0.15) is 0 Å². The van der Waals surface area contributed by atoms with E-state index in [9.17, 15) is 9.36 Å². The van der Waals surface area contributed by atoms with Gasteiger partial charge in [0.2, 0.25) is 0 Å². The second-order valence-electron chi connectivity index (χ2n) is 2.52. The van der Waals surface area contributed by atoms with Gasteiger partial charge >= 0.3 is 16.2 Å². The molecule has 7 heteroatoms. The molecule has 5 nitrogen and oxygen atoms in total. The molecule has 0 aliphatic heterocycles. The Kier molecular flexibility index (Phi) is 3.90. The molecule has 0 aliphatic carbocycles. The van der Waals surface area contributed by atoms with Crippen LogP contribution in [0.2, 0.25) is 12.6 Å². The maximum Gasteiger partial charge on any atom is 0.332 e. The highest BCUT2D eigenvalue weighted by Crippen LogP contribution is 2.36. The van der Waals surface area contributed by atoms with Gasteiger partial charge in [0.05, 0.1) is 6.16 Å². The van der Waals surface area contributed by atoms with Crippen LogP contribution in [0.25, 0.3) is 0 Å². The summed E-state index contributed by atoms with van der Waals surface area (Å²) in [5.74, 6) is 0. The molecule has 0 aromatic heterocycles. The average molecular weight is 200 g/mol. The summed E-state index contributed by atoms with van der Waals surface area (Å²) < 4.78 is 15.0. The lowest BCUT2D eigenvalue weighted by atomic mass is 11.0. The van der Waals surface area contributed by atoms with Gasteiger partial charge in [-0.3, -0.25) is 4.57 Å². The first-order chi connectivity index (χ1) is 4.77. The molecule has 0 amide bonds. The van der Waals surface area contributed by atoms with Gasteiger partial charge in [-0.25, -0.2) is 0 Å². The van der Waals surface area contributed by atoms with Crippen molar-refractivity contribution in [2.45, 2.75) is 12.6 Å². The lowest BCUT2D eigenvalue weighted by molar-refractivity contribution is 0.296. The van der Waals surface area contributed by atoms with E-state index in [2.05, 4.69) is 4.43 Å². The fourth-order valence-electron chi connectivity index (χ4n) is 0.455. The maximum absolute atomic E-state index is 10.3. The minimum absolute atomic E-state index is 0.0633. The van der Waals surface area contributed by atoms with E-state index in [1.54, 1.807) is 0 Å². The Morgan fingerprint density at radius 3 is 2.27 bits per heavy atom. The van der Waals surface area contributed by atoms with Crippen molar-refractivity contribution in [2.75, 3.05) is 13.3 Å². The van der Waals surface area contributed by atoms with Crippen LogP contribution in [0.3, 0.4) is 0 Å². The van der Waals surface area contributed by atoms with Crippen LogP contribution in [-0.4, -0.2) is 36.4 Å². The molecular weight excluding hydrogens is 187 g/mol. The highest BCUT2D eigenvalue weighted by atomic mass is 31.2. The topological polar surface area (TPSA) is 87.0 Å². The Hall–Kier alpha value is 0.287. The molecule has 1 atom stereocenters. The van der Waals surface area contributed by atoms with Crippen molar-refractivity contribution in [3.05, 3.63) is 0 Å². The summed E-state index contributed by atoms with van der Waals surface area (Å²) in [6.07, 6.45) is -0.305. The van der Waals surface area contributed by atoms with E-state index in [0.717, 1.165) is 0 Å². The summed E-state index contributed by atoms with van der Waals surface area (Å²) >= 11 is 0. The summed E-state index contributed by atoms with van der Waals surface area (Å²) in [6, 6.07) is 0.0633. The van der Waals surface area contributed by atoms with Gasteiger partial charge in [-0.05, 0) is 6.55 Å². The Labute approximate surface area is 66.4 Å². The van der Waals surface area contributed by atoms with Crippen LogP contribution in [-0.2, 0) is 8.99 Å². The molecule has 0 aromatic carbocycles. The van der Waals surface area contributed by atoms with Crippen molar-refractivity contribution in [2.24, 2.45) is 0 Å². The van der Waals surface area contributed by atoms with Crippen LogP contribution in [0.4, 0.5) is 0 Å². The molecule has 0 saturated heterocycles. The van der Waals surface area contributed by atoms with Crippen molar-refractivity contribution in [1.82, 2.24) is 0 Å². The molecule has 0 aromatic rings. The van der Waals surface area contributed by atoms with Crippen LogP contribution in [0.5, 0.6) is 0 Å². The van der Waals surface area contributed by atoms with Crippen molar-refractivity contribution >= 4 is 16.2 Å². The molecule has 0 spiro atoms. The molecule has 0 radical (unpaired) electrons. The monoisotopic (exact) mass is 200 g/mol. The second kappa shape index (κ2) is 3.80. The molecule has 68 valence electrons. The molecule has 0 saturated carbocycles. The summed E-state index contributed by atoms with van der Waals surface area (Å²) in [5.41, 5.74) is 0. The van der Waals surface area contributed by atoms with Crippen molar-refractivity contribution in [3.63, 3.8) is 0 Å². The Bertz CT molecular complexity index is 164. The summed E-state index contributed by atoms with van der Waals surface area (Å²) in [7, 11) is -5.42. The first-order valence-corrected chi connectivity index (χ1v) is 7.45. The van der Waals surface area contributed by atoms with Crippen LogP contribution in [0.15, 0.2) is 0 Å². The van der Waals surface area contributed by atoms with Gasteiger partial charge in [-0.15, -0.1) is 0 Å². The van der Waals surface area contributed by atoms with Crippen LogP contribution in [0.1, 0.15) is 0 Å². The molecule has 11 heavy (non-hydrogen) atoms. The summed E-state index contributed by atoms with van der Waals surface area (Å²) in [5, 5.41) is 0. The molecule has 3 N–H and O–H groups in total. The predicted molar refractivity (Wildman–Crippen MR) is 42.6 cm³/mol. The van der Waals surface area contributed by atoms with E-state index in [-0.39, 0.29) is 12.2 Å². The molecule has 0 aliphatic rings. The van der Waals surface area contributed by atoms with E-state index >= 15 is 0 Å². The zero-order chi connectivity index (χ0) is 9.12. The highest BCUT2D eigenvalue weighted by molar-refractivity contribution is 7.51. The number of rotatable bonds is 4. The Morgan fingerprint density at radius 2 is 2.00 bits per heavy atom. The standard InChI is InChI=1S/C4H13O5PSi/c1-9-11(2,8)4-3-10(5,6)7/h8H,3-4H2,1-2H3,(H2,5,6,7). The highest BCUT2D eigenvalue weighted by Gasteiger charge is 2.28. The second-order valence-corrected chi connectivity index (χ2v) is 7.55. The molecular formula is C4H13O5PSi. The zero-order valence-electron chi connectivity index (χ0n) is 6.52. The van der Waals surface area contributed by atoms with Gasteiger partial charge in [0, 0.05) is 13.2 Å². The van der Waals surface area contributed by atoms with Crippen molar-refractivity contribution < 1.29 is 23.6 Å². The number of hydrogen-bond acceptors (Lipinski definition) is 3. The normalized spacial score (nSPS) is 17.9. The van der Waals surface area contributed by atoms with E-state index in [4.69, 9.17) is 9.79 Å². The van der Waals surface area contributed by atoms with Gasteiger partial charge < -0.3 is 19.0 Å². The lowest BCUT2D eigenvalue weighted by Crippen LogP contribution is -2.33. The van der Waals surface area contributed by atoms with E-state index in [1.807, 2.05) is 0 Å². The third-order valence-electron chi connectivity index (χ3n) is 1.31. The van der Waals surface area contributed by atoms with Crippen LogP contribution in [0, 0.1) is 0 Å². The van der Waals surface area contributed by atoms with Gasteiger partial charge in [0.25, 0.3) is 0 Å². The van der Waals surface area contributed by atoms with Gasteiger partial charge in [-0.1, -0.05) is 0 Å². The van der Waals surface area contributed by atoms with E-state index in [0.29, 0.717) is 0 Å². The number of hydrogen-bond donors (Lipinski definition) is 3. The SMILES string of the molecule is CO[Si](C)(O)CCP(=O)(O)O. The van der Waals surface area contributed by atoms with Gasteiger partial charge in [0.1, 0.15) is 0 Å². The fraction of sp³-hybridized carbons (Fsp3) is 1.00. The lowest BCUT2D eigenvalue weighted by Gasteiger charge is -2.17. The van der Waals surface area contributed by atoms with E-state index in [1.165, 1.54) is 13.7 Å². The molecule has 0 bridgehead atoms. The summed E-state index contributed by atoms with van der Waals surface area (Å²) in [6.45, 7) is 1.49. The minimum atomic E-state index is -3.98. The first-order valence-electron chi connectivity index (χ1n) is 3.09. The molecule has 0 rings (SSSR count). The molecule has 0 heterocycles. The van der Waals surface area contributed by atoms with Crippen molar-refractivity contribution in [3.8, 4) is 0 Å². The molecule has 1 unspecified atom stereocenters. The fourth-order valence-corrected chi connectivity index (χ4v) is 3.48. The average Bonchev–Trinajstić information content (AvgIpc) is 1.83. The maximum atomic E-state index is 10.3. The van der Waals surface area contributed by atoms with Crippen LogP contribution < -0.4 is 0 Å². The Balaban J connectivity index is 3.80. The third kappa shape index (κ3) is 6.68. The first kappa shape index (κ1) is 11.3. The zero-order valence-corrected chi connectivity index (χ0v) is 8.41. The van der Waals surface area contributed by atoms with Crippen LogP contribution >= 0.6 is 7.60 Å². The van der Waals surface area contributed by atoms with E-state index < -0.39 is 16.2 Å². The predicted octanol–water partition coefficient (Wildman–Crippen LogP) is -0.125. The largest absolute Gasteiger partial charge is 0.411 e. The quantitative estimate of drug-likeness (QED) is 0.435. The third-order valence-corrected chi connectivity index (χ3v) is 4.59. The molecule has 0 fully saturated rings. The Morgan fingerprint density at radius 1 is 1.55 bits per heavy atom. The van der Waals surface area contributed by atoms with Gasteiger partial charge in [0.15, 0.2) is 0 Å².